The van der Waals surface area contributed by atoms with Crippen LogP contribution in [0.5, 0.6) is 0 Å². The molecule has 0 aromatic carbocycles. The molecular formula is C12H17N3OS2. The van der Waals surface area contributed by atoms with E-state index in [0.717, 1.165) is 34.3 Å². The molecule has 2 aromatic rings. The molecule has 0 fully saturated rings. The molecule has 0 saturated heterocycles. The van der Waals surface area contributed by atoms with E-state index in [-0.39, 0.29) is 11.6 Å². The minimum Gasteiger partial charge on any atom is -0.327 e. The number of fused-ring (bicyclic) bond motifs is 1. The summed E-state index contributed by atoms with van der Waals surface area (Å²) in [5, 5.41) is 1.95. The minimum absolute atomic E-state index is 0.00846. The van der Waals surface area contributed by atoms with Gasteiger partial charge in [0.2, 0.25) is 0 Å². The zero-order valence-electron chi connectivity index (χ0n) is 10.5. The number of nitrogens with zero attached hydrogens (tertiary/aromatic N) is 2. The summed E-state index contributed by atoms with van der Waals surface area (Å²) in [4.78, 5) is 17.2. The Morgan fingerprint density at radius 1 is 1.61 bits per heavy atom. The molecule has 0 aliphatic rings. The molecule has 2 rings (SSSR count). The highest BCUT2D eigenvalue weighted by Crippen LogP contribution is 2.15. The van der Waals surface area contributed by atoms with Gasteiger partial charge in [-0.25, -0.2) is 4.98 Å². The van der Waals surface area contributed by atoms with Crippen molar-refractivity contribution in [2.45, 2.75) is 32.1 Å². The highest BCUT2D eigenvalue weighted by Gasteiger charge is 2.07. The number of hydrogen-bond acceptors (Lipinski definition) is 5. The summed E-state index contributed by atoms with van der Waals surface area (Å²) in [6.45, 7) is 4.00. The van der Waals surface area contributed by atoms with Crippen molar-refractivity contribution in [2.24, 2.45) is 5.73 Å². The predicted octanol–water partition coefficient (Wildman–Crippen LogP) is 2.03. The van der Waals surface area contributed by atoms with E-state index in [4.69, 9.17) is 5.73 Å². The molecule has 98 valence electrons. The maximum absolute atomic E-state index is 11.9. The molecule has 6 heteroatoms. The molecule has 4 nitrogen and oxygen atoms in total. The van der Waals surface area contributed by atoms with E-state index in [9.17, 15) is 4.79 Å². The Kier molecular flexibility index (Phi) is 4.42. The number of aromatic nitrogens is 2. The predicted molar refractivity (Wildman–Crippen MR) is 78.5 cm³/mol. The molecule has 0 amide bonds. The highest BCUT2D eigenvalue weighted by molar-refractivity contribution is 7.98. The average molecular weight is 283 g/mol. The first-order chi connectivity index (χ1) is 8.61. The molecular weight excluding hydrogens is 266 g/mol. The Balaban J connectivity index is 2.13. The third-order valence-electron chi connectivity index (χ3n) is 2.73. The second-order valence-electron chi connectivity index (χ2n) is 4.26. The highest BCUT2D eigenvalue weighted by atomic mass is 32.2. The summed E-state index contributed by atoms with van der Waals surface area (Å²) in [6, 6.07) is 1.85. The number of rotatable bonds is 5. The second-order valence-corrected chi connectivity index (χ2v) is 6.13. The molecule has 0 spiro atoms. The Bertz CT molecular complexity index is 591. The molecule has 2 aromatic heterocycles. The van der Waals surface area contributed by atoms with Crippen LogP contribution in [-0.2, 0) is 5.75 Å². The maximum atomic E-state index is 11.9. The van der Waals surface area contributed by atoms with Gasteiger partial charge in [0.15, 0.2) is 4.96 Å². The molecule has 0 aliphatic carbocycles. The lowest BCUT2D eigenvalue weighted by atomic mass is 10.3. The molecule has 2 heterocycles. The van der Waals surface area contributed by atoms with Crippen molar-refractivity contribution in [3.8, 4) is 0 Å². The molecule has 1 unspecified atom stereocenters. The maximum Gasteiger partial charge on any atom is 0.258 e. The Morgan fingerprint density at radius 3 is 3.11 bits per heavy atom. The van der Waals surface area contributed by atoms with Gasteiger partial charge < -0.3 is 5.73 Å². The Morgan fingerprint density at radius 2 is 2.39 bits per heavy atom. The van der Waals surface area contributed by atoms with Crippen LogP contribution in [0.1, 0.15) is 24.7 Å². The number of nitrogens with two attached hydrogens (primary N) is 1. The number of thiazole rings is 1. The van der Waals surface area contributed by atoms with E-state index in [1.807, 2.05) is 12.3 Å². The molecule has 18 heavy (non-hydrogen) atoms. The van der Waals surface area contributed by atoms with Gasteiger partial charge in [-0.3, -0.25) is 9.20 Å². The van der Waals surface area contributed by atoms with Gasteiger partial charge in [0, 0.05) is 34.7 Å². The van der Waals surface area contributed by atoms with Gasteiger partial charge in [-0.2, -0.15) is 11.8 Å². The minimum atomic E-state index is 0.00846. The van der Waals surface area contributed by atoms with Crippen LogP contribution in [0.2, 0.25) is 0 Å². The van der Waals surface area contributed by atoms with Crippen LogP contribution >= 0.6 is 23.1 Å². The lowest BCUT2D eigenvalue weighted by molar-refractivity contribution is 0.724. The van der Waals surface area contributed by atoms with E-state index in [0.29, 0.717) is 0 Å². The van der Waals surface area contributed by atoms with Gasteiger partial charge in [-0.05, 0) is 13.3 Å². The van der Waals surface area contributed by atoms with Crippen molar-refractivity contribution in [1.82, 2.24) is 9.38 Å². The standard InChI is InChI=1S/C12H17N3OS2/c1-3-9(13)6-17-7-10-4-11(16)15-8(2)5-18-12(15)14-10/h4-5,9H,3,6-7,13H2,1-2H3. The van der Waals surface area contributed by atoms with Crippen molar-refractivity contribution >= 4 is 28.1 Å². The topological polar surface area (TPSA) is 60.4 Å². The molecule has 0 bridgehead atoms. The zero-order valence-corrected chi connectivity index (χ0v) is 12.2. The van der Waals surface area contributed by atoms with Crippen molar-refractivity contribution in [3.05, 3.63) is 33.2 Å². The first-order valence-corrected chi connectivity index (χ1v) is 7.95. The van der Waals surface area contributed by atoms with Gasteiger partial charge in [0.05, 0.1) is 5.69 Å². The van der Waals surface area contributed by atoms with Crippen LogP contribution in [0.15, 0.2) is 16.2 Å². The van der Waals surface area contributed by atoms with Crippen LogP contribution in [0, 0.1) is 6.92 Å². The number of aryl methyl sites for hydroxylation is 1. The van der Waals surface area contributed by atoms with Crippen molar-refractivity contribution in [2.75, 3.05) is 5.75 Å². The van der Waals surface area contributed by atoms with Crippen LogP contribution in [0.4, 0.5) is 0 Å². The zero-order chi connectivity index (χ0) is 13.1. The van der Waals surface area contributed by atoms with Crippen LogP contribution in [0.3, 0.4) is 0 Å². The summed E-state index contributed by atoms with van der Waals surface area (Å²) in [7, 11) is 0. The van der Waals surface area contributed by atoms with Crippen molar-refractivity contribution < 1.29 is 0 Å². The lowest BCUT2D eigenvalue weighted by Crippen LogP contribution is -2.21. The van der Waals surface area contributed by atoms with Gasteiger partial charge in [-0.15, -0.1) is 11.3 Å². The first-order valence-electron chi connectivity index (χ1n) is 5.92. The SMILES string of the molecule is CCC(N)CSCc1cc(=O)n2c(C)csc2n1. The van der Waals surface area contributed by atoms with Gasteiger partial charge in [0.1, 0.15) is 0 Å². The van der Waals surface area contributed by atoms with E-state index in [2.05, 4.69) is 11.9 Å². The van der Waals surface area contributed by atoms with Crippen LogP contribution in [0.25, 0.3) is 4.96 Å². The van der Waals surface area contributed by atoms with E-state index in [1.165, 1.54) is 11.3 Å². The number of hydrogen-bond donors (Lipinski definition) is 1. The van der Waals surface area contributed by atoms with Gasteiger partial charge in [-0.1, -0.05) is 6.92 Å². The molecule has 2 N–H and O–H groups in total. The van der Waals surface area contributed by atoms with E-state index in [1.54, 1.807) is 22.2 Å². The van der Waals surface area contributed by atoms with Gasteiger partial charge >= 0.3 is 0 Å². The van der Waals surface area contributed by atoms with Crippen molar-refractivity contribution in [1.29, 1.82) is 0 Å². The number of thioether (sulfide) groups is 1. The monoisotopic (exact) mass is 283 g/mol. The molecule has 1 atom stereocenters. The van der Waals surface area contributed by atoms with Crippen molar-refractivity contribution in [3.63, 3.8) is 0 Å². The fraction of sp³-hybridized carbons (Fsp3) is 0.500. The third kappa shape index (κ3) is 2.93. The molecule has 0 radical (unpaired) electrons. The molecule has 0 saturated carbocycles. The summed E-state index contributed by atoms with van der Waals surface area (Å²) in [5.74, 6) is 1.65. The van der Waals surface area contributed by atoms with Crippen LogP contribution < -0.4 is 11.3 Å². The first kappa shape index (κ1) is 13.6. The quantitative estimate of drug-likeness (QED) is 0.912. The van der Waals surface area contributed by atoms with Crippen LogP contribution in [-0.4, -0.2) is 21.2 Å². The fourth-order valence-electron chi connectivity index (χ4n) is 1.61. The van der Waals surface area contributed by atoms with Gasteiger partial charge in [0.25, 0.3) is 5.56 Å². The van der Waals surface area contributed by atoms with E-state index < -0.39 is 0 Å². The molecule has 0 aliphatic heterocycles. The summed E-state index contributed by atoms with van der Waals surface area (Å²) >= 11 is 3.24. The lowest BCUT2D eigenvalue weighted by Gasteiger charge is -2.07. The fourth-order valence-corrected chi connectivity index (χ4v) is 3.51. The largest absolute Gasteiger partial charge is 0.327 e. The summed E-state index contributed by atoms with van der Waals surface area (Å²) in [6.07, 6.45) is 0.978. The smallest absolute Gasteiger partial charge is 0.258 e. The third-order valence-corrected chi connectivity index (χ3v) is 4.84. The summed E-state index contributed by atoms with van der Waals surface area (Å²) < 4.78 is 1.65. The van der Waals surface area contributed by atoms with E-state index >= 15 is 0 Å². The summed E-state index contributed by atoms with van der Waals surface area (Å²) in [5.41, 5.74) is 7.65. The normalized spacial score (nSPS) is 13.1. The Hall–Kier alpha value is -0.850. The second kappa shape index (κ2) is 5.86. The average Bonchev–Trinajstić information content (AvgIpc) is 2.71. The Labute approximate surface area is 114 Å².